The molecule has 0 aromatic rings. The van der Waals surface area contributed by atoms with Crippen LogP contribution in [0.5, 0.6) is 0 Å². The second-order valence-corrected chi connectivity index (χ2v) is 3.74. The number of carbonyl (C=O) groups is 1. The highest BCUT2D eigenvalue weighted by atomic mass is 16.5. The van der Waals surface area contributed by atoms with Crippen molar-refractivity contribution in [2.75, 3.05) is 20.2 Å². The summed E-state index contributed by atoms with van der Waals surface area (Å²) >= 11 is 0. The van der Waals surface area contributed by atoms with Gasteiger partial charge in [-0.2, -0.15) is 0 Å². The summed E-state index contributed by atoms with van der Waals surface area (Å²) in [6, 6.07) is 0. The fourth-order valence-corrected chi connectivity index (χ4v) is 1.53. The lowest BCUT2D eigenvalue weighted by molar-refractivity contribution is -0.133. The smallest absolute Gasteiger partial charge is 0.225 e. The van der Waals surface area contributed by atoms with E-state index < -0.39 is 6.10 Å². The van der Waals surface area contributed by atoms with Crippen LogP contribution in [0.25, 0.3) is 0 Å². The summed E-state index contributed by atoms with van der Waals surface area (Å²) in [4.78, 5) is 13.2. The van der Waals surface area contributed by atoms with Gasteiger partial charge in [0.2, 0.25) is 5.91 Å². The third-order valence-electron chi connectivity index (χ3n) is 2.35. The maximum absolute atomic E-state index is 11.5. The van der Waals surface area contributed by atoms with Gasteiger partial charge in [0.25, 0.3) is 0 Å². The molecule has 0 radical (unpaired) electrons. The number of hydrogen-bond acceptors (Lipinski definition) is 3. The number of aliphatic hydroxyl groups excluding tert-OH is 1. The summed E-state index contributed by atoms with van der Waals surface area (Å²) in [5.74, 6) is 0.0707. The highest BCUT2D eigenvalue weighted by Gasteiger charge is 2.34. The maximum atomic E-state index is 11.5. The molecule has 1 aliphatic heterocycles. The summed E-state index contributed by atoms with van der Waals surface area (Å²) in [6.45, 7) is 4.62. The molecule has 1 saturated heterocycles. The Hall–Kier alpha value is -0.610. The van der Waals surface area contributed by atoms with Crippen molar-refractivity contribution in [1.82, 2.24) is 4.90 Å². The van der Waals surface area contributed by atoms with Crippen LogP contribution in [-0.2, 0) is 9.53 Å². The standard InChI is InChI=1S/C9H17NO3/c1-6(2)9(12)10-4-7(11)8(5-10)13-3/h6-8,11H,4-5H2,1-3H3. The van der Waals surface area contributed by atoms with Crippen molar-refractivity contribution in [2.45, 2.75) is 26.1 Å². The summed E-state index contributed by atoms with van der Waals surface area (Å²) < 4.78 is 5.04. The monoisotopic (exact) mass is 187 g/mol. The molecule has 0 bridgehead atoms. The molecule has 76 valence electrons. The SMILES string of the molecule is COC1CN(C(=O)C(C)C)CC1O. The summed E-state index contributed by atoms with van der Waals surface area (Å²) in [5.41, 5.74) is 0. The molecule has 0 saturated carbocycles. The molecule has 0 aromatic carbocycles. The molecule has 0 aromatic heterocycles. The number of hydrogen-bond donors (Lipinski definition) is 1. The number of nitrogens with zero attached hydrogens (tertiary/aromatic N) is 1. The topological polar surface area (TPSA) is 49.8 Å². The Morgan fingerprint density at radius 2 is 2.15 bits per heavy atom. The Labute approximate surface area is 78.5 Å². The predicted octanol–water partition coefficient (Wildman–Crippen LogP) is -0.140. The maximum Gasteiger partial charge on any atom is 0.225 e. The number of carbonyl (C=O) groups excluding carboxylic acids is 1. The van der Waals surface area contributed by atoms with Gasteiger partial charge in [-0.3, -0.25) is 4.79 Å². The minimum atomic E-state index is -0.535. The van der Waals surface area contributed by atoms with Crippen LogP contribution in [-0.4, -0.2) is 48.3 Å². The van der Waals surface area contributed by atoms with E-state index in [2.05, 4.69) is 0 Å². The van der Waals surface area contributed by atoms with Crippen molar-refractivity contribution < 1.29 is 14.6 Å². The van der Waals surface area contributed by atoms with Gasteiger partial charge in [-0.1, -0.05) is 13.8 Å². The van der Waals surface area contributed by atoms with Gasteiger partial charge in [0.1, 0.15) is 6.10 Å². The van der Waals surface area contributed by atoms with Gasteiger partial charge >= 0.3 is 0 Å². The molecule has 0 aliphatic carbocycles. The molecule has 0 spiro atoms. The number of ether oxygens (including phenoxy) is 1. The molecular weight excluding hydrogens is 170 g/mol. The van der Waals surface area contributed by atoms with Crippen LogP contribution in [0.15, 0.2) is 0 Å². The van der Waals surface area contributed by atoms with Gasteiger partial charge in [0, 0.05) is 26.1 Å². The Bertz CT molecular complexity index is 193. The predicted molar refractivity (Wildman–Crippen MR) is 48.2 cm³/mol. The number of β-amino-alcohol motifs (C(OH)–C–C–N with tert-alkyl or cyclic N) is 1. The third kappa shape index (κ3) is 2.19. The zero-order valence-electron chi connectivity index (χ0n) is 8.36. The van der Waals surface area contributed by atoms with E-state index in [4.69, 9.17) is 4.74 Å². The Kier molecular flexibility index (Phi) is 3.27. The van der Waals surface area contributed by atoms with Crippen LogP contribution < -0.4 is 0 Å². The summed E-state index contributed by atoms with van der Waals surface area (Å²) in [6.07, 6.45) is -0.754. The lowest BCUT2D eigenvalue weighted by Crippen LogP contribution is -2.33. The number of amides is 1. The van der Waals surface area contributed by atoms with E-state index in [1.165, 1.54) is 0 Å². The van der Waals surface area contributed by atoms with Gasteiger partial charge in [-0.15, -0.1) is 0 Å². The Morgan fingerprint density at radius 1 is 1.54 bits per heavy atom. The second-order valence-electron chi connectivity index (χ2n) is 3.74. The van der Waals surface area contributed by atoms with E-state index in [0.29, 0.717) is 13.1 Å². The number of rotatable bonds is 2. The average Bonchev–Trinajstić information content (AvgIpc) is 2.45. The Balaban J connectivity index is 2.53. The van der Waals surface area contributed by atoms with Crippen LogP contribution in [0.3, 0.4) is 0 Å². The second kappa shape index (κ2) is 4.07. The third-order valence-corrected chi connectivity index (χ3v) is 2.35. The quantitative estimate of drug-likeness (QED) is 0.654. The molecule has 1 amide bonds. The van der Waals surface area contributed by atoms with E-state index in [1.807, 2.05) is 13.8 Å². The first kappa shape index (κ1) is 10.5. The molecule has 2 unspecified atom stereocenters. The molecule has 1 fully saturated rings. The van der Waals surface area contributed by atoms with Gasteiger partial charge in [-0.05, 0) is 0 Å². The molecule has 1 rings (SSSR count). The van der Waals surface area contributed by atoms with Crippen molar-refractivity contribution >= 4 is 5.91 Å². The van der Waals surface area contributed by atoms with Crippen LogP contribution in [0.2, 0.25) is 0 Å². The molecule has 1 N–H and O–H groups in total. The molecule has 1 aliphatic rings. The lowest BCUT2D eigenvalue weighted by atomic mass is 10.2. The van der Waals surface area contributed by atoms with Crippen molar-refractivity contribution in [3.05, 3.63) is 0 Å². The number of likely N-dealkylation sites (tertiary alicyclic amines) is 1. The fourth-order valence-electron chi connectivity index (χ4n) is 1.53. The van der Waals surface area contributed by atoms with Gasteiger partial charge in [-0.25, -0.2) is 0 Å². The Morgan fingerprint density at radius 3 is 2.54 bits per heavy atom. The van der Waals surface area contributed by atoms with Crippen LogP contribution in [0.1, 0.15) is 13.8 Å². The van der Waals surface area contributed by atoms with E-state index >= 15 is 0 Å². The summed E-state index contributed by atoms with van der Waals surface area (Å²) in [5, 5.41) is 9.47. The first-order valence-electron chi connectivity index (χ1n) is 4.56. The zero-order valence-corrected chi connectivity index (χ0v) is 8.36. The molecule has 4 nitrogen and oxygen atoms in total. The van der Waals surface area contributed by atoms with E-state index in [0.717, 1.165) is 0 Å². The normalized spacial score (nSPS) is 28.5. The van der Waals surface area contributed by atoms with Gasteiger partial charge < -0.3 is 14.7 Å². The van der Waals surface area contributed by atoms with Crippen LogP contribution >= 0.6 is 0 Å². The number of aliphatic hydroxyl groups is 1. The van der Waals surface area contributed by atoms with Gasteiger partial charge in [0.15, 0.2) is 0 Å². The highest BCUT2D eigenvalue weighted by molar-refractivity contribution is 5.78. The van der Waals surface area contributed by atoms with E-state index in [1.54, 1.807) is 12.0 Å². The fraction of sp³-hybridized carbons (Fsp3) is 0.889. The van der Waals surface area contributed by atoms with Crippen LogP contribution in [0, 0.1) is 5.92 Å². The minimum Gasteiger partial charge on any atom is -0.388 e. The lowest BCUT2D eigenvalue weighted by Gasteiger charge is -2.17. The van der Waals surface area contributed by atoms with E-state index in [-0.39, 0.29) is 17.9 Å². The molecule has 1 heterocycles. The van der Waals surface area contributed by atoms with Crippen molar-refractivity contribution in [2.24, 2.45) is 5.92 Å². The largest absolute Gasteiger partial charge is 0.388 e. The molecule has 13 heavy (non-hydrogen) atoms. The zero-order chi connectivity index (χ0) is 10.0. The van der Waals surface area contributed by atoms with Crippen molar-refractivity contribution in [3.8, 4) is 0 Å². The van der Waals surface area contributed by atoms with Crippen molar-refractivity contribution in [1.29, 1.82) is 0 Å². The molecule has 2 atom stereocenters. The van der Waals surface area contributed by atoms with E-state index in [9.17, 15) is 9.90 Å². The molecule has 4 heteroatoms. The average molecular weight is 187 g/mol. The first-order chi connectivity index (χ1) is 6.06. The number of methoxy groups -OCH3 is 1. The highest BCUT2D eigenvalue weighted by Crippen LogP contribution is 2.15. The molecular formula is C9H17NO3. The van der Waals surface area contributed by atoms with Crippen molar-refractivity contribution in [3.63, 3.8) is 0 Å². The first-order valence-corrected chi connectivity index (χ1v) is 4.56. The van der Waals surface area contributed by atoms with Gasteiger partial charge in [0.05, 0.1) is 6.10 Å². The summed E-state index contributed by atoms with van der Waals surface area (Å²) in [7, 11) is 1.55. The minimum absolute atomic E-state index is 0.0113. The van der Waals surface area contributed by atoms with Crippen LogP contribution in [0.4, 0.5) is 0 Å².